The van der Waals surface area contributed by atoms with E-state index in [1.807, 2.05) is 26.0 Å². The van der Waals surface area contributed by atoms with Crippen LogP contribution in [-0.4, -0.2) is 25.7 Å². The molecule has 28 heavy (non-hydrogen) atoms. The first-order valence-electron chi connectivity index (χ1n) is 8.93. The fourth-order valence-electron chi connectivity index (χ4n) is 2.71. The molecule has 0 N–H and O–H groups in total. The molecular weight excluding hydrogens is 352 g/mol. The van der Waals surface area contributed by atoms with E-state index in [9.17, 15) is 4.79 Å². The molecule has 1 amide bonds. The third-order valence-electron chi connectivity index (χ3n) is 3.97. The smallest absolute Gasteiger partial charge is 0.251 e. The van der Waals surface area contributed by atoms with Gasteiger partial charge in [-0.1, -0.05) is 24.8 Å². The number of amides is 1. The van der Waals surface area contributed by atoms with Crippen molar-refractivity contribution in [1.82, 2.24) is 0 Å². The van der Waals surface area contributed by atoms with Gasteiger partial charge in [0.25, 0.3) is 5.91 Å². The number of carbonyl (C=O) groups excluding carboxylic acids is 1. The van der Waals surface area contributed by atoms with E-state index in [1.165, 1.54) is 6.08 Å². The maximum absolute atomic E-state index is 12.8. The van der Waals surface area contributed by atoms with Crippen molar-refractivity contribution >= 4 is 17.7 Å². The zero-order valence-corrected chi connectivity index (χ0v) is 16.4. The number of benzene rings is 2. The Morgan fingerprint density at radius 2 is 2.04 bits per heavy atom. The van der Waals surface area contributed by atoms with Crippen LogP contribution in [0.25, 0.3) is 6.08 Å². The van der Waals surface area contributed by atoms with Crippen LogP contribution in [0.2, 0.25) is 0 Å². The molecule has 5 nitrogen and oxygen atoms in total. The predicted octanol–water partition coefficient (Wildman–Crippen LogP) is 4.59. The number of hydrogen-bond donors (Lipinski definition) is 0. The Balaban J connectivity index is 2.24. The van der Waals surface area contributed by atoms with E-state index >= 15 is 0 Å². The highest BCUT2D eigenvalue weighted by Gasteiger charge is 2.17. The average molecular weight is 376 g/mol. The molecule has 5 heteroatoms. The van der Waals surface area contributed by atoms with Gasteiger partial charge in [0.05, 0.1) is 18.7 Å². The molecule has 0 spiro atoms. The fraction of sp³-hybridized carbons (Fsp3) is 0.217. The second kappa shape index (κ2) is 9.98. The van der Waals surface area contributed by atoms with Crippen molar-refractivity contribution < 1.29 is 14.3 Å². The zero-order chi connectivity index (χ0) is 20.5. The number of nitrogens with zero attached hydrogens (tertiary/aromatic N) is 2. The van der Waals surface area contributed by atoms with Gasteiger partial charge in [-0.15, -0.1) is 0 Å². The number of anilines is 1. The molecular formula is C23H24N2O3. The van der Waals surface area contributed by atoms with Crippen LogP contribution in [0.1, 0.15) is 25.0 Å². The van der Waals surface area contributed by atoms with Gasteiger partial charge in [-0.3, -0.25) is 4.79 Å². The summed E-state index contributed by atoms with van der Waals surface area (Å²) in [6, 6.07) is 14.5. The molecule has 0 heterocycles. The molecule has 2 aromatic rings. The monoisotopic (exact) mass is 376 g/mol. The van der Waals surface area contributed by atoms with Crippen molar-refractivity contribution in [1.29, 1.82) is 5.26 Å². The number of hydrogen-bond acceptors (Lipinski definition) is 4. The van der Waals surface area contributed by atoms with Crippen LogP contribution in [0, 0.1) is 11.3 Å². The van der Waals surface area contributed by atoms with Crippen LogP contribution >= 0.6 is 0 Å². The molecule has 0 atom stereocenters. The zero-order valence-electron chi connectivity index (χ0n) is 16.4. The molecule has 0 aromatic heterocycles. The quantitative estimate of drug-likeness (QED) is 0.499. The van der Waals surface area contributed by atoms with Gasteiger partial charge in [-0.2, -0.15) is 5.26 Å². The van der Waals surface area contributed by atoms with Crippen molar-refractivity contribution in [3.8, 4) is 17.6 Å². The number of nitriles is 1. The summed E-state index contributed by atoms with van der Waals surface area (Å²) >= 11 is 0. The molecule has 0 aliphatic heterocycles. The molecule has 2 rings (SSSR count). The van der Waals surface area contributed by atoms with Gasteiger partial charge in [-0.05, 0) is 55.8 Å². The van der Waals surface area contributed by atoms with Crippen molar-refractivity contribution in [3.63, 3.8) is 0 Å². The van der Waals surface area contributed by atoms with E-state index in [2.05, 4.69) is 12.6 Å². The Kier molecular flexibility index (Phi) is 7.41. The minimum absolute atomic E-state index is 0.0599. The topological polar surface area (TPSA) is 62.6 Å². The van der Waals surface area contributed by atoms with E-state index < -0.39 is 0 Å². The van der Waals surface area contributed by atoms with Crippen molar-refractivity contribution in [2.75, 3.05) is 18.6 Å². The Morgan fingerprint density at radius 3 is 2.68 bits per heavy atom. The second-order valence-corrected chi connectivity index (χ2v) is 6.31. The number of ether oxygens (including phenoxy) is 2. The SMILES string of the molecule is C=CCOc1ccc(/C=C/C(=O)N(c2cccc(C#N)c2)C(C)C)cc1OC. The highest BCUT2D eigenvalue weighted by molar-refractivity contribution is 6.04. The average Bonchev–Trinajstić information content (AvgIpc) is 2.70. The van der Waals surface area contributed by atoms with Crippen LogP contribution in [0.3, 0.4) is 0 Å². The normalized spacial score (nSPS) is 10.5. The Bertz CT molecular complexity index is 910. The lowest BCUT2D eigenvalue weighted by Gasteiger charge is -2.25. The largest absolute Gasteiger partial charge is 0.493 e. The third-order valence-corrected chi connectivity index (χ3v) is 3.97. The first-order chi connectivity index (χ1) is 13.5. The number of rotatable bonds is 8. The fourth-order valence-corrected chi connectivity index (χ4v) is 2.71. The van der Waals surface area contributed by atoms with Gasteiger partial charge in [-0.25, -0.2) is 0 Å². The summed E-state index contributed by atoms with van der Waals surface area (Å²) in [6.45, 7) is 7.87. The summed E-state index contributed by atoms with van der Waals surface area (Å²) < 4.78 is 10.9. The van der Waals surface area contributed by atoms with E-state index in [0.717, 1.165) is 5.56 Å². The van der Waals surface area contributed by atoms with Crippen LogP contribution in [0.15, 0.2) is 61.2 Å². The molecule has 0 fully saturated rings. The molecule has 0 aliphatic rings. The number of carbonyl (C=O) groups is 1. The Morgan fingerprint density at radius 1 is 1.25 bits per heavy atom. The van der Waals surface area contributed by atoms with E-state index in [1.54, 1.807) is 54.5 Å². The van der Waals surface area contributed by atoms with Crippen molar-refractivity contribution in [2.45, 2.75) is 19.9 Å². The van der Waals surface area contributed by atoms with Crippen LogP contribution in [0.4, 0.5) is 5.69 Å². The summed E-state index contributed by atoms with van der Waals surface area (Å²) in [4.78, 5) is 14.5. The van der Waals surface area contributed by atoms with E-state index in [-0.39, 0.29) is 11.9 Å². The summed E-state index contributed by atoms with van der Waals surface area (Å²) in [7, 11) is 1.57. The molecule has 144 valence electrons. The Labute approximate surface area is 166 Å². The molecule has 0 radical (unpaired) electrons. The first kappa shape index (κ1) is 20.8. The van der Waals surface area contributed by atoms with Gasteiger partial charge >= 0.3 is 0 Å². The summed E-state index contributed by atoms with van der Waals surface area (Å²) in [5.74, 6) is 1.03. The molecule has 0 aliphatic carbocycles. The minimum Gasteiger partial charge on any atom is -0.493 e. The highest BCUT2D eigenvalue weighted by atomic mass is 16.5. The van der Waals surface area contributed by atoms with E-state index in [4.69, 9.17) is 14.7 Å². The predicted molar refractivity (Wildman–Crippen MR) is 111 cm³/mol. The molecule has 0 saturated carbocycles. The lowest BCUT2D eigenvalue weighted by molar-refractivity contribution is -0.114. The van der Waals surface area contributed by atoms with Crippen LogP contribution in [-0.2, 0) is 4.79 Å². The lowest BCUT2D eigenvalue weighted by atomic mass is 10.1. The maximum atomic E-state index is 12.8. The van der Waals surface area contributed by atoms with Gasteiger partial charge in [0.15, 0.2) is 11.5 Å². The Hall–Kier alpha value is -3.52. The maximum Gasteiger partial charge on any atom is 0.251 e. The van der Waals surface area contributed by atoms with Crippen molar-refractivity contribution in [2.24, 2.45) is 0 Å². The van der Waals surface area contributed by atoms with E-state index in [0.29, 0.717) is 29.4 Å². The minimum atomic E-state index is -0.170. The van der Waals surface area contributed by atoms with Gasteiger partial charge < -0.3 is 14.4 Å². The van der Waals surface area contributed by atoms with Crippen LogP contribution < -0.4 is 14.4 Å². The van der Waals surface area contributed by atoms with Gasteiger partial charge in [0, 0.05) is 17.8 Å². The highest BCUT2D eigenvalue weighted by Crippen LogP contribution is 2.28. The molecule has 0 unspecified atom stereocenters. The second-order valence-electron chi connectivity index (χ2n) is 6.31. The third kappa shape index (κ3) is 5.24. The van der Waals surface area contributed by atoms with Gasteiger partial charge in [0.2, 0.25) is 0 Å². The summed E-state index contributed by atoms with van der Waals surface area (Å²) in [5, 5.41) is 9.10. The first-order valence-corrected chi connectivity index (χ1v) is 8.93. The molecule has 0 bridgehead atoms. The molecule has 2 aromatic carbocycles. The van der Waals surface area contributed by atoms with Crippen molar-refractivity contribution in [3.05, 3.63) is 72.3 Å². The summed E-state index contributed by atoms with van der Waals surface area (Å²) in [5.41, 5.74) is 2.01. The summed E-state index contributed by atoms with van der Waals surface area (Å²) in [6.07, 6.45) is 4.90. The van der Waals surface area contributed by atoms with Crippen LogP contribution in [0.5, 0.6) is 11.5 Å². The lowest BCUT2D eigenvalue weighted by Crippen LogP contribution is -2.35. The standard InChI is InChI=1S/C23H24N2O3/c1-5-13-28-21-11-9-18(15-22(21)27-4)10-12-23(26)25(17(2)3)20-8-6-7-19(14-20)16-24/h5-12,14-15,17H,1,13H2,2-4H3/b12-10+. The molecule has 0 saturated heterocycles. The van der Waals surface area contributed by atoms with Gasteiger partial charge in [0.1, 0.15) is 6.61 Å². The number of methoxy groups -OCH3 is 1.